The van der Waals surface area contributed by atoms with Crippen LogP contribution in [0.5, 0.6) is 0 Å². The number of carbonyl (C=O) groups excluding carboxylic acids is 1. The number of carbonyl (C=O) groups is 1. The van der Waals surface area contributed by atoms with Crippen LogP contribution in [-0.4, -0.2) is 64.1 Å². The van der Waals surface area contributed by atoms with Crippen molar-refractivity contribution in [3.05, 3.63) is 36.9 Å². The van der Waals surface area contributed by atoms with E-state index in [9.17, 15) is 9.90 Å². The lowest BCUT2D eigenvalue weighted by molar-refractivity contribution is -0.0480. The van der Waals surface area contributed by atoms with E-state index in [2.05, 4.69) is 24.9 Å². The fourth-order valence-corrected chi connectivity index (χ4v) is 3.45. The van der Waals surface area contributed by atoms with Crippen LogP contribution in [0, 0.1) is 0 Å². The Labute approximate surface area is 148 Å². The van der Waals surface area contributed by atoms with Gasteiger partial charge in [0.1, 0.15) is 29.5 Å². The molecule has 1 amide bonds. The van der Waals surface area contributed by atoms with Crippen molar-refractivity contribution in [1.29, 1.82) is 0 Å². The minimum absolute atomic E-state index is 0.167. The highest BCUT2D eigenvalue weighted by Crippen LogP contribution is 2.34. The summed E-state index contributed by atoms with van der Waals surface area (Å²) in [6.45, 7) is 2.35. The molecule has 0 radical (unpaired) electrons. The number of β-amino-alcohol motifs (C(OH)–C–C–N with tert-alkyl or cyclic N) is 1. The molecule has 1 saturated heterocycles. The van der Waals surface area contributed by atoms with Crippen LogP contribution in [0.3, 0.4) is 0 Å². The first-order chi connectivity index (χ1) is 12.5. The van der Waals surface area contributed by atoms with Crippen LogP contribution < -0.4 is 5.73 Å². The van der Waals surface area contributed by atoms with Crippen molar-refractivity contribution in [2.24, 2.45) is 0 Å². The van der Waals surface area contributed by atoms with Gasteiger partial charge in [-0.1, -0.05) is 0 Å². The maximum Gasteiger partial charge on any atom is 0.272 e. The number of anilines is 1. The summed E-state index contributed by atoms with van der Waals surface area (Å²) >= 11 is 0. The second kappa shape index (κ2) is 5.99. The topological polar surface area (TPSA) is 136 Å². The highest BCUT2D eigenvalue weighted by molar-refractivity contribution is 5.92. The lowest BCUT2D eigenvalue weighted by atomic mass is 9.88. The van der Waals surface area contributed by atoms with Gasteiger partial charge in [-0.2, -0.15) is 0 Å². The minimum atomic E-state index is -1.17. The van der Waals surface area contributed by atoms with Gasteiger partial charge in [-0.3, -0.25) is 4.79 Å². The quantitative estimate of drug-likeness (QED) is 0.658. The van der Waals surface area contributed by atoms with Crippen LogP contribution in [-0.2, 0) is 0 Å². The number of hydrogen-bond donors (Lipinski definition) is 2. The Bertz CT molecular complexity index is 955. The van der Waals surface area contributed by atoms with Crippen molar-refractivity contribution in [2.75, 3.05) is 18.8 Å². The first-order valence-corrected chi connectivity index (χ1v) is 8.18. The molecule has 0 aromatic carbocycles. The fraction of sp³-hybridized carbons (Fsp3) is 0.375. The Balaban J connectivity index is 1.61. The largest absolute Gasteiger partial charge is 0.386 e. The van der Waals surface area contributed by atoms with E-state index < -0.39 is 5.60 Å². The summed E-state index contributed by atoms with van der Waals surface area (Å²) in [5.74, 6) is 0.0675. The third-order valence-corrected chi connectivity index (χ3v) is 4.71. The van der Waals surface area contributed by atoms with Crippen molar-refractivity contribution in [2.45, 2.75) is 25.0 Å². The number of rotatable bonds is 2. The van der Waals surface area contributed by atoms with Crippen LogP contribution in [0.15, 0.2) is 31.2 Å². The second-order valence-electron chi connectivity index (χ2n) is 6.57. The number of nitrogens with zero attached hydrogens (tertiary/aromatic N) is 7. The maximum absolute atomic E-state index is 12.6. The Kier molecular flexibility index (Phi) is 3.76. The molecule has 134 valence electrons. The van der Waals surface area contributed by atoms with Gasteiger partial charge in [0.25, 0.3) is 5.91 Å². The van der Waals surface area contributed by atoms with E-state index in [-0.39, 0.29) is 18.5 Å². The average molecular weight is 354 g/mol. The van der Waals surface area contributed by atoms with Gasteiger partial charge in [0.15, 0.2) is 11.5 Å². The average Bonchev–Trinajstić information content (AvgIpc) is 3.06. The molecule has 0 bridgehead atoms. The SMILES string of the molecule is C[C@@]1(O)CN(C(=O)c2ccncn2)CC[C@H]1n1cnc2c(N)ncnc21. The van der Waals surface area contributed by atoms with Crippen LogP contribution in [0.25, 0.3) is 11.2 Å². The standard InChI is InChI=1S/C16H18N8O2/c1-16(26)6-23(15(25)10-2-4-18-7-19-10)5-3-11(16)24-9-22-12-13(17)20-8-21-14(12)24/h2,4,7-9,11,26H,3,5-6H2,1H3,(H2,17,20,21)/t11-,16-/m1/s1. The molecule has 2 atom stereocenters. The molecule has 0 saturated carbocycles. The number of piperidine rings is 1. The first kappa shape index (κ1) is 16.3. The molecule has 0 spiro atoms. The zero-order valence-corrected chi connectivity index (χ0v) is 14.1. The molecule has 3 aromatic heterocycles. The molecule has 10 nitrogen and oxygen atoms in total. The van der Waals surface area contributed by atoms with Gasteiger partial charge in [-0.15, -0.1) is 0 Å². The first-order valence-electron chi connectivity index (χ1n) is 8.18. The van der Waals surface area contributed by atoms with Gasteiger partial charge >= 0.3 is 0 Å². The smallest absolute Gasteiger partial charge is 0.272 e. The summed E-state index contributed by atoms with van der Waals surface area (Å²) in [7, 11) is 0. The molecular formula is C16H18N8O2. The molecule has 4 rings (SSSR count). The highest BCUT2D eigenvalue weighted by Gasteiger charge is 2.41. The third kappa shape index (κ3) is 2.64. The van der Waals surface area contributed by atoms with Crippen LogP contribution >= 0.6 is 0 Å². The Morgan fingerprint density at radius 1 is 1.31 bits per heavy atom. The lowest BCUT2D eigenvalue weighted by Crippen LogP contribution is -2.54. The number of fused-ring (bicyclic) bond motifs is 1. The van der Waals surface area contributed by atoms with Crippen molar-refractivity contribution in [1.82, 2.24) is 34.4 Å². The van der Waals surface area contributed by atoms with Gasteiger partial charge in [0.05, 0.1) is 18.9 Å². The second-order valence-corrected chi connectivity index (χ2v) is 6.57. The number of likely N-dealkylation sites (tertiary alicyclic amines) is 1. The molecule has 0 aliphatic carbocycles. The third-order valence-electron chi connectivity index (χ3n) is 4.71. The van der Waals surface area contributed by atoms with Gasteiger partial charge in [-0.25, -0.2) is 24.9 Å². The molecule has 10 heteroatoms. The summed E-state index contributed by atoms with van der Waals surface area (Å²) in [5, 5.41) is 11.1. The van der Waals surface area contributed by atoms with Crippen LogP contribution in [0.1, 0.15) is 29.9 Å². The predicted molar refractivity (Wildman–Crippen MR) is 91.9 cm³/mol. The van der Waals surface area contributed by atoms with Gasteiger partial charge < -0.3 is 20.3 Å². The van der Waals surface area contributed by atoms with E-state index >= 15 is 0 Å². The number of aromatic nitrogens is 6. The van der Waals surface area contributed by atoms with Gasteiger partial charge in [0, 0.05) is 12.7 Å². The van der Waals surface area contributed by atoms with Crippen molar-refractivity contribution >= 4 is 22.9 Å². The molecule has 3 N–H and O–H groups in total. The van der Waals surface area contributed by atoms with E-state index in [0.717, 1.165) is 0 Å². The summed E-state index contributed by atoms with van der Waals surface area (Å²) in [4.78, 5) is 34.5. The Morgan fingerprint density at radius 3 is 2.88 bits per heavy atom. The monoisotopic (exact) mass is 354 g/mol. The van der Waals surface area contributed by atoms with E-state index in [1.165, 1.54) is 18.9 Å². The van der Waals surface area contributed by atoms with Crippen LogP contribution in [0.4, 0.5) is 5.82 Å². The summed E-state index contributed by atoms with van der Waals surface area (Å²) in [5.41, 5.74) is 6.04. The van der Waals surface area contributed by atoms with Gasteiger partial charge in [-0.05, 0) is 19.4 Å². The zero-order chi connectivity index (χ0) is 18.3. The molecule has 0 unspecified atom stereocenters. The Hall–Kier alpha value is -3.14. The number of nitrogens with two attached hydrogens (primary N) is 1. The maximum atomic E-state index is 12.6. The summed E-state index contributed by atoms with van der Waals surface area (Å²) in [6.07, 6.45) is 6.38. The van der Waals surface area contributed by atoms with Crippen molar-refractivity contribution in [3.63, 3.8) is 0 Å². The number of hydrogen-bond acceptors (Lipinski definition) is 8. The summed E-state index contributed by atoms with van der Waals surface area (Å²) < 4.78 is 1.81. The number of imidazole rings is 1. The number of aliphatic hydroxyl groups is 1. The van der Waals surface area contributed by atoms with E-state index in [0.29, 0.717) is 35.6 Å². The molecule has 26 heavy (non-hydrogen) atoms. The molecule has 1 aliphatic rings. The Morgan fingerprint density at radius 2 is 2.15 bits per heavy atom. The number of nitrogen functional groups attached to an aromatic ring is 1. The van der Waals surface area contributed by atoms with E-state index in [1.54, 1.807) is 28.8 Å². The molecular weight excluding hydrogens is 336 g/mol. The van der Waals surface area contributed by atoms with E-state index in [1.807, 2.05) is 0 Å². The minimum Gasteiger partial charge on any atom is -0.386 e. The number of amides is 1. The molecule has 1 fully saturated rings. The van der Waals surface area contributed by atoms with Crippen LogP contribution in [0.2, 0.25) is 0 Å². The van der Waals surface area contributed by atoms with Crippen molar-refractivity contribution < 1.29 is 9.90 Å². The lowest BCUT2D eigenvalue weighted by Gasteiger charge is -2.43. The molecule has 3 aromatic rings. The van der Waals surface area contributed by atoms with Crippen molar-refractivity contribution in [3.8, 4) is 0 Å². The highest BCUT2D eigenvalue weighted by atomic mass is 16.3. The van der Waals surface area contributed by atoms with E-state index in [4.69, 9.17) is 5.73 Å². The zero-order valence-electron chi connectivity index (χ0n) is 14.1. The molecule has 4 heterocycles. The fourth-order valence-electron chi connectivity index (χ4n) is 3.45. The normalized spacial score (nSPS) is 23.3. The molecule has 1 aliphatic heterocycles. The summed E-state index contributed by atoms with van der Waals surface area (Å²) in [6, 6.07) is 1.27. The predicted octanol–water partition coefficient (Wildman–Crippen LogP) is 0.0367. The van der Waals surface area contributed by atoms with Gasteiger partial charge in [0.2, 0.25) is 0 Å².